The van der Waals surface area contributed by atoms with Gasteiger partial charge in [0.25, 0.3) is 5.91 Å². The minimum Gasteiger partial charge on any atom is -0.359 e. The fourth-order valence-corrected chi connectivity index (χ4v) is 4.29. The minimum absolute atomic E-state index is 0.0205. The quantitative estimate of drug-likeness (QED) is 0.708. The highest BCUT2D eigenvalue weighted by molar-refractivity contribution is 5.94. The van der Waals surface area contributed by atoms with Crippen LogP contribution >= 0.6 is 0 Å². The highest BCUT2D eigenvalue weighted by Crippen LogP contribution is 2.28. The Morgan fingerprint density at radius 3 is 2.68 bits per heavy atom. The second kappa shape index (κ2) is 9.41. The number of amides is 1. The fraction of sp³-hybridized carbons (Fsp3) is 0.636. The van der Waals surface area contributed by atoms with Crippen LogP contribution in [0.25, 0.3) is 5.65 Å². The summed E-state index contributed by atoms with van der Waals surface area (Å²) in [7, 11) is 6.24. The molecule has 1 aliphatic rings. The number of aryl methyl sites for hydroxylation is 1. The lowest BCUT2D eigenvalue weighted by atomic mass is 9.89. The van der Waals surface area contributed by atoms with Crippen molar-refractivity contribution in [3.05, 3.63) is 29.6 Å². The van der Waals surface area contributed by atoms with E-state index in [1.165, 1.54) is 32.1 Å². The van der Waals surface area contributed by atoms with E-state index >= 15 is 0 Å². The molecule has 0 radical (unpaired) electrons. The van der Waals surface area contributed by atoms with Gasteiger partial charge in [0.2, 0.25) is 0 Å². The smallest absolute Gasteiger partial charge is 0.252 e. The summed E-state index contributed by atoms with van der Waals surface area (Å²) in [6, 6.07) is 3.81. The number of hydrogen-bond donors (Lipinski definition) is 1. The number of nitrogens with zero attached hydrogens (tertiary/aromatic N) is 4. The molecule has 1 N–H and O–H groups in total. The van der Waals surface area contributed by atoms with Gasteiger partial charge in [-0.25, -0.2) is 4.98 Å². The van der Waals surface area contributed by atoms with E-state index in [1.807, 2.05) is 32.4 Å². The van der Waals surface area contributed by atoms with Crippen LogP contribution in [-0.2, 0) is 0 Å². The number of anilines is 1. The standard InChI is InChI=1S/C22H35N5O/c1-17-22(26(4)15-18-9-6-5-7-10-18)27-16-19(11-12-20(27)24-17)21(28)23-13-8-14-25(2)3/h11-12,16,18H,5-10,13-15H2,1-4H3,(H,23,28). The van der Waals surface area contributed by atoms with Gasteiger partial charge in [-0.3, -0.25) is 9.20 Å². The number of imidazole rings is 1. The van der Waals surface area contributed by atoms with Gasteiger partial charge in [-0.1, -0.05) is 19.3 Å². The van der Waals surface area contributed by atoms with E-state index in [2.05, 4.69) is 33.5 Å². The first-order valence-corrected chi connectivity index (χ1v) is 10.6. The van der Waals surface area contributed by atoms with Crippen molar-refractivity contribution in [3.8, 4) is 0 Å². The van der Waals surface area contributed by atoms with E-state index in [0.717, 1.165) is 42.6 Å². The number of pyridine rings is 1. The number of carbonyl (C=O) groups excluding carboxylic acids is 1. The third kappa shape index (κ3) is 5.04. The van der Waals surface area contributed by atoms with E-state index in [9.17, 15) is 4.79 Å². The van der Waals surface area contributed by atoms with Crippen LogP contribution in [0, 0.1) is 12.8 Å². The van der Waals surface area contributed by atoms with Crippen LogP contribution in [0.1, 0.15) is 54.6 Å². The molecule has 1 amide bonds. The van der Waals surface area contributed by atoms with Gasteiger partial charge >= 0.3 is 0 Å². The maximum Gasteiger partial charge on any atom is 0.252 e. The lowest BCUT2D eigenvalue weighted by Crippen LogP contribution is -2.29. The molecule has 1 aliphatic carbocycles. The molecule has 2 aromatic heterocycles. The zero-order valence-corrected chi connectivity index (χ0v) is 17.9. The van der Waals surface area contributed by atoms with Crippen LogP contribution < -0.4 is 10.2 Å². The summed E-state index contributed by atoms with van der Waals surface area (Å²) in [5.41, 5.74) is 2.59. The Hall–Kier alpha value is -2.08. The van der Waals surface area contributed by atoms with E-state index in [1.54, 1.807) is 0 Å². The van der Waals surface area contributed by atoms with Crippen molar-refractivity contribution in [2.24, 2.45) is 5.92 Å². The first kappa shape index (κ1) is 20.6. The Morgan fingerprint density at radius 1 is 1.21 bits per heavy atom. The average molecular weight is 386 g/mol. The topological polar surface area (TPSA) is 52.9 Å². The van der Waals surface area contributed by atoms with Gasteiger partial charge in [0.15, 0.2) is 0 Å². The molecule has 1 saturated carbocycles. The molecule has 0 aromatic carbocycles. The van der Waals surface area contributed by atoms with Crippen LogP contribution in [0.2, 0.25) is 0 Å². The molecule has 6 heteroatoms. The summed E-state index contributed by atoms with van der Waals surface area (Å²) in [4.78, 5) is 21.7. The minimum atomic E-state index is -0.0205. The van der Waals surface area contributed by atoms with Crippen molar-refractivity contribution in [1.82, 2.24) is 19.6 Å². The van der Waals surface area contributed by atoms with Gasteiger partial charge in [0.1, 0.15) is 11.5 Å². The largest absolute Gasteiger partial charge is 0.359 e. The molecule has 6 nitrogen and oxygen atoms in total. The molecule has 2 aromatic rings. The first-order chi connectivity index (χ1) is 13.5. The summed E-state index contributed by atoms with van der Waals surface area (Å²) in [6.07, 6.45) is 9.60. The average Bonchev–Trinajstić information content (AvgIpc) is 3.00. The Bertz CT molecular complexity index is 792. The zero-order chi connectivity index (χ0) is 20.1. The Balaban J connectivity index is 1.73. The third-order valence-electron chi connectivity index (χ3n) is 5.71. The van der Waals surface area contributed by atoms with Crippen LogP contribution in [0.3, 0.4) is 0 Å². The molecule has 154 valence electrons. The SMILES string of the molecule is Cc1nc2ccc(C(=O)NCCCN(C)C)cn2c1N(C)CC1CCCCC1. The molecule has 0 aliphatic heterocycles. The van der Waals surface area contributed by atoms with Gasteiger partial charge in [-0.15, -0.1) is 0 Å². The number of carbonyl (C=O) groups is 1. The Labute approximate surface area is 168 Å². The Kier molecular flexibility index (Phi) is 6.94. The molecule has 1 fully saturated rings. The van der Waals surface area contributed by atoms with Crippen molar-refractivity contribution in [1.29, 1.82) is 0 Å². The summed E-state index contributed by atoms with van der Waals surface area (Å²) in [5, 5.41) is 3.03. The maximum absolute atomic E-state index is 12.6. The molecule has 0 saturated heterocycles. The monoisotopic (exact) mass is 385 g/mol. The van der Waals surface area contributed by atoms with Gasteiger partial charge in [0.05, 0.1) is 11.3 Å². The molecular formula is C22H35N5O. The van der Waals surface area contributed by atoms with Crippen molar-refractivity contribution in [2.45, 2.75) is 45.4 Å². The third-order valence-corrected chi connectivity index (χ3v) is 5.71. The van der Waals surface area contributed by atoms with Gasteiger partial charge < -0.3 is 15.1 Å². The second-order valence-corrected chi connectivity index (χ2v) is 8.46. The number of fused-ring (bicyclic) bond motifs is 1. The molecule has 0 atom stereocenters. The van der Waals surface area contributed by atoms with Gasteiger partial charge in [-0.2, -0.15) is 0 Å². The van der Waals surface area contributed by atoms with E-state index in [-0.39, 0.29) is 5.91 Å². The van der Waals surface area contributed by atoms with Crippen molar-refractivity contribution in [3.63, 3.8) is 0 Å². The highest BCUT2D eigenvalue weighted by atomic mass is 16.1. The summed E-state index contributed by atoms with van der Waals surface area (Å²) in [6.45, 7) is 4.76. The number of nitrogens with one attached hydrogen (secondary N) is 1. The molecule has 28 heavy (non-hydrogen) atoms. The van der Waals surface area contributed by atoms with Crippen molar-refractivity contribution < 1.29 is 4.79 Å². The van der Waals surface area contributed by atoms with E-state index in [4.69, 9.17) is 4.98 Å². The molecule has 0 spiro atoms. The predicted octanol–water partition coefficient (Wildman–Crippen LogP) is 3.34. The van der Waals surface area contributed by atoms with Crippen LogP contribution in [0.5, 0.6) is 0 Å². The van der Waals surface area contributed by atoms with Crippen molar-refractivity contribution >= 4 is 17.4 Å². The summed E-state index contributed by atoms with van der Waals surface area (Å²) >= 11 is 0. The van der Waals surface area contributed by atoms with Crippen LogP contribution in [-0.4, -0.2) is 61.0 Å². The fourth-order valence-electron chi connectivity index (χ4n) is 4.29. The lowest BCUT2D eigenvalue weighted by Gasteiger charge is -2.28. The van der Waals surface area contributed by atoms with Crippen LogP contribution in [0.4, 0.5) is 5.82 Å². The Morgan fingerprint density at radius 2 is 1.96 bits per heavy atom. The number of aromatic nitrogens is 2. The lowest BCUT2D eigenvalue weighted by molar-refractivity contribution is 0.0952. The van der Waals surface area contributed by atoms with Crippen molar-refractivity contribution in [2.75, 3.05) is 45.7 Å². The first-order valence-electron chi connectivity index (χ1n) is 10.6. The van der Waals surface area contributed by atoms with E-state index in [0.29, 0.717) is 12.1 Å². The maximum atomic E-state index is 12.6. The van der Waals surface area contributed by atoms with Crippen LogP contribution in [0.15, 0.2) is 18.3 Å². The van der Waals surface area contributed by atoms with Gasteiger partial charge in [0, 0.05) is 26.3 Å². The summed E-state index contributed by atoms with van der Waals surface area (Å²) < 4.78 is 2.08. The number of hydrogen-bond acceptors (Lipinski definition) is 4. The highest BCUT2D eigenvalue weighted by Gasteiger charge is 2.20. The molecule has 0 bridgehead atoms. The molecule has 0 unspecified atom stereocenters. The molecular weight excluding hydrogens is 350 g/mol. The predicted molar refractivity (Wildman–Crippen MR) is 115 cm³/mol. The molecule has 2 heterocycles. The zero-order valence-electron chi connectivity index (χ0n) is 17.9. The van der Waals surface area contributed by atoms with Gasteiger partial charge in [-0.05, 0) is 64.9 Å². The second-order valence-electron chi connectivity index (χ2n) is 8.46. The molecule has 3 rings (SSSR count). The van der Waals surface area contributed by atoms with E-state index < -0.39 is 0 Å². The summed E-state index contributed by atoms with van der Waals surface area (Å²) in [5.74, 6) is 1.84. The number of rotatable bonds is 8. The normalized spacial score (nSPS) is 15.3.